The summed E-state index contributed by atoms with van der Waals surface area (Å²) >= 11 is 0. The van der Waals surface area contributed by atoms with Gasteiger partial charge >= 0.3 is 5.97 Å². The highest BCUT2D eigenvalue weighted by atomic mass is 16.5. The largest absolute Gasteiger partial charge is 0.480 e. The lowest BCUT2D eigenvalue weighted by atomic mass is 10.2. The number of carboxylic acid groups (broad SMARTS) is 1. The second-order valence-electron chi connectivity index (χ2n) is 4.43. The van der Waals surface area contributed by atoms with E-state index in [0.29, 0.717) is 11.4 Å². The van der Waals surface area contributed by atoms with E-state index >= 15 is 0 Å². The maximum atomic E-state index is 11.0. The van der Waals surface area contributed by atoms with Crippen molar-refractivity contribution in [3.63, 3.8) is 0 Å². The number of benzene rings is 2. The van der Waals surface area contributed by atoms with Gasteiger partial charge in [-0.15, -0.1) is 0 Å². The van der Waals surface area contributed by atoms with Crippen molar-refractivity contribution in [2.75, 3.05) is 19.0 Å². The minimum atomic E-state index is -0.957. The summed E-state index contributed by atoms with van der Waals surface area (Å²) in [5, 5.41) is 11.9. The van der Waals surface area contributed by atoms with E-state index in [-0.39, 0.29) is 6.61 Å². The molecule has 0 saturated carbocycles. The molecule has 5 heteroatoms. The van der Waals surface area contributed by atoms with E-state index in [4.69, 9.17) is 14.6 Å². The van der Waals surface area contributed by atoms with Gasteiger partial charge in [0.05, 0.1) is 6.61 Å². The third kappa shape index (κ3) is 4.50. The summed E-state index contributed by atoms with van der Waals surface area (Å²) in [5.74, 6) is 0.479. The van der Waals surface area contributed by atoms with Gasteiger partial charge < -0.3 is 19.9 Å². The minimum Gasteiger partial charge on any atom is -0.480 e. The number of para-hydroxylation sites is 1. The predicted octanol–water partition coefficient (Wildman–Crippen LogP) is 2.99. The number of ether oxygens (including phenoxy) is 2. The van der Waals surface area contributed by atoms with Crippen molar-refractivity contribution in [1.29, 1.82) is 0 Å². The fourth-order valence-electron chi connectivity index (χ4n) is 1.79. The van der Waals surface area contributed by atoms with Crippen LogP contribution in [-0.2, 0) is 9.53 Å². The quantitative estimate of drug-likeness (QED) is 0.819. The molecule has 2 rings (SSSR count). The smallest absolute Gasteiger partial charge is 0.328 e. The number of anilines is 1. The molecule has 0 aliphatic rings. The Morgan fingerprint density at radius 2 is 1.71 bits per heavy atom. The van der Waals surface area contributed by atoms with Crippen molar-refractivity contribution in [3.8, 4) is 11.5 Å². The van der Waals surface area contributed by atoms with Crippen molar-refractivity contribution in [2.45, 2.75) is 6.04 Å². The molecule has 0 bridgehead atoms. The first-order valence-corrected chi connectivity index (χ1v) is 6.50. The number of rotatable bonds is 7. The molecule has 2 aromatic rings. The van der Waals surface area contributed by atoms with Crippen LogP contribution in [0, 0.1) is 0 Å². The molecule has 2 aromatic carbocycles. The molecule has 0 spiro atoms. The number of carbonyl (C=O) groups is 1. The standard InChI is InChI=1S/C16H17NO4/c1-20-11-15(16(18)19)17-12-7-9-14(10-8-12)21-13-5-3-2-4-6-13/h2-10,15,17H,11H2,1H3,(H,18,19). The number of nitrogens with one attached hydrogen (secondary N) is 1. The van der Waals surface area contributed by atoms with Gasteiger partial charge in [-0.25, -0.2) is 4.79 Å². The lowest BCUT2D eigenvalue weighted by Gasteiger charge is -2.15. The van der Waals surface area contributed by atoms with Crippen molar-refractivity contribution in [1.82, 2.24) is 0 Å². The van der Waals surface area contributed by atoms with Gasteiger partial charge in [0.15, 0.2) is 0 Å². The molecule has 0 radical (unpaired) electrons. The molecule has 1 atom stereocenters. The second kappa shape index (κ2) is 7.31. The molecule has 5 nitrogen and oxygen atoms in total. The lowest BCUT2D eigenvalue weighted by molar-refractivity contribution is -0.139. The molecule has 21 heavy (non-hydrogen) atoms. The molecule has 1 unspecified atom stereocenters. The summed E-state index contributed by atoms with van der Waals surface area (Å²) in [6.07, 6.45) is 0. The Kier molecular flexibility index (Phi) is 5.17. The maximum Gasteiger partial charge on any atom is 0.328 e. The molecular formula is C16H17NO4. The first-order valence-electron chi connectivity index (χ1n) is 6.50. The fourth-order valence-corrected chi connectivity index (χ4v) is 1.79. The fraction of sp³-hybridized carbons (Fsp3) is 0.188. The Morgan fingerprint density at radius 3 is 2.29 bits per heavy atom. The van der Waals surface area contributed by atoms with Crippen molar-refractivity contribution in [2.24, 2.45) is 0 Å². The normalized spacial score (nSPS) is 11.7. The topological polar surface area (TPSA) is 67.8 Å². The second-order valence-corrected chi connectivity index (χ2v) is 4.43. The van der Waals surface area contributed by atoms with Crippen molar-refractivity contribution in [3.05, 3.63) is 54.6 Å². The van der Waals surface area contributed by atoms with E-state index < -0.39 is 12.0 Å². The summed E-state index contributed by atoms with van der Waals surface area (Å²) in [5.41, 5.74) is 0.694. The van der Waals surface area contributed by atoms with Crippen LogP contribution in [0.15, 0.2) is 54.6 Å². The summed E-state index contributed by atoms with van der Waals surface area (Å²) in [6, 6.07) is 15.8. The van der Waals surface area contributed by atoms with Crippen LogP contribution < -0.4 is 10.1 Å². The SMILES string of the molecule is COCC(Nc1ccc(Oc2ccccc2)cc1)C(=O)O. The van der Waals surface area contributed by atoms with Gasteiger partial charge in [-0.1, -0.05) is 18.2 Å². The van der Waals surface area contributed by atoms with Gasteiger partial charge in [0.1, 0.15) is 17.5 Å². The monoisotopic (exact) mass is 287 g/mol. The van der Waals surface area contributed by atoms with Crippen molar-refractivity contribution >= 4 is 11.7 Å². The Bertz CT molecular complexity index is 569. The van der Waals surface area contributed by atoms with Crippen LogP contribution in [-0.4, -0.2) is 30.8 Å². The average molecular weight is 287 g/mol. The van der Waals surface area contributed by atoms with Gasteiger partial charge in [-0.05, 0) is 36.4 Å². The molecule has 0 amide bonds. The number of carboxylic acids is 1. The zero-order valence-electron chi connectivity index (χ0n) is 11.7. The Balaban J connectivity index is 2.00. The molecule has 0 aliphatic carbocycles. The van der Waals surface area contributed by atoms with Crippen molar-refractivity contribution < 1.29 is 19.4 Å². The van der Waals surface area contributed by atoms with E-state index in [1.54, 1.807) is 24.3 Å². The Morgan fingerprint density at radius 1 is 1.10 bits per heavy atom. The van der Waals surface area contributed by atoms with Crippen LogP contribution in [0.3, 0.4) is 0 Å². The van der Waals surface area contributed by atoms with E-state index in [1.165, 1.54) is 7.11 Å². The van der Waals surface area contributed by atoms with Crippen LogP contribution in [0.1, 0.15) is 0 Å². The number of methoxy groups -OCH3 is 1. The highest BCUT2D eigenvalue weighted by Gasteiger charge is 2.16. The third-order valence-electron chi connectivity index (χ3n) is 2.81. The number of aliphatic carboxylic acids is 1. The average Bonchev–Trinajstić information content (AvgIpc) is 2.49. The van der Waals surface area contributed by atoms with Gasteiger partial charge in [0.2, 0.25) is 0 Å². The lowest BCUT2D eigenvalue weighted by Crippen LogP contribution is -2.33. The van der Waals surface area contributed by atoms with Crippen LogP contribution in [0.5, 0.6) is 11.5 Å². The first kappa shape index (κ1) is 14.9. The van der Waals surface area contributed by atoms with E-state index in [2.05, 4.69) is 5.32 Å². The van der Waals surface area contributed by atoms with Gasteiger partial charge in [-0.2, -0.15) is 0 Å². The summed E-state index contributed by atoms with van der Waals surface area (Å²) in [6.45, 7) is 0.0948. The Labute approximate surface area is 123 Å². The third-order valence-corrected chi connectivity index (χ3v) is 2.81. The summed E-state index contributed by atoms with van der Waals surface area (Å²) in [7, 11) is 1.47. The van der Waals surface area contributed by atoms with Crippen LogP contribution in [0.25, 0.3) is 0 Å². The first-order chi connectivity index (χ1) is 10.2. The molecule has 0 saturated heterocycles. The molecule has 0 aliphatic heterocycles. The number of hydrogen-bond acceptors (Lipinski definition) is 4. The van der Waals surface area contributed by atoms with E-state index in [9.17, 15) is 4.79 Å². The molecule has 110 valence electrons. The molecule has 0 aromatic heterocycles. The van der Waals surface area contributed by atoms with Gasteiger partial charge in [0.25, 0.3) is 0 Å². The van der Waals surface area contributed by atoms with E-state index in [1.807, 2.05) is 30.3 Å². The number of hydrogen-bond donors (Lipinski definition) is 2. The zero-order chi connectivity index (χ0) is 15.1. The predicted molar refractivity (Wildman–Crippen MR) is 79.9 cm³/mol. The van der Waals surface area contributed by atoms with Crippen LogP contribution >= 0.6 is 0 Å². The molecule has 0 fully saturated rings. The zero-order valence-corrected chi connectivity index (χ0v) is 11.7. The van der Waals surface area contributed by atoms with Crippen LogP contribution in [0.4, 0.5) is 5.69 Å². The summed E-state index contributed by atoms with van der Waals surface area (Å²) < 4.78 is 10.5. The Hall–Kier alpha value is -2.53. The summed E-state index contributed by atoms with van der Waals surface area (Å²) in [4.78, 5) is 11.0. The van der Waals surface area contributed by atoms with Gasteiger partial charge in [0, 0.05) is 12.8 Å². The molecule has 2 N–H and O–H groups in total. The highest BCUT2D eigenvalue weighted by Crippen LogP contribution is 2.22. The molecular weight excluding hydrogens is 270 g/mol. The molecule has 0 heterocycles. The van der Waals surface area contributed by atoms with E-state index in [0.717, 1.165) is 5.75 Å². The highest BCUT2D eigenvalue weighted by molar-refractivity contribution is 5.77. The minimum absolute atomic E-state index is 0.0948. The maximum absolute atomic E-state index is 11.0. The van der Waals surface area contributed by atoms with Crippen LogP contribution in [0.2, 0.25) is 0 Å². The van der Waals surface area contributed by atoms with Gasteiger partial charge in [-0.3, -0.25) is 0 Å².